The van der Waals surface area contributed by atoms with Crippen molar-refractivity contribution in [2.45, 2.75) is 20.8 Å². The number of hydrogen-bond acceptors (Lipinski definition) is 3. The summed E-state index contributed by atoms with van der Waals surface area (Å²) in [6.07, 6.45) is 3.04. The Morgan fingerprint density at radius 1 is 1.36 bits per heavy atom. The van der Waals surface area contributed by atoms with Crippen molar-refractivity contribution in [2.75, 3.05) is 0 Å². The van der Waals surface area contributed by atoms with Crippen molar-refractivity contribution in [3.63, 3.8) is 0 Å². The van der Waals surface area contributed by atoms with E-state index in [0.717, 1.165) is 0 Å². The third-order valence-electron chi connectivity index (χ3n) is 2.05. The van der Waals surface area contributed by atoms with Gasteiger partial charge in [0.1, 0.15) is 0 Å². The quantitative estimate of drug-likeness (QED) is 0.323. The zero-order valence-corrected chi connectivity index (χ0v) is 12.1. The van der Waals surface area contributed by atoms with Crippen molar-refractivity contribution in [3.05, 3.63) is 28.5 Å². The van der Waals surface area contributed by atoms with Gasteiger partial charge in [0, 0.05) is 5.57 Å². The summed E-state index contributed by atoms with van der Waals surface area (Å²) in [6.45, 7) is 5.55. The fourth-order valence-electron chi connectivity index (χ4n) is 1.24. The monoisotopic (exact) mass is 217 g/mol. The Labute approximate surface area is 126 Å². The topological polar surface area (TPSA) is 52.5 Å². The van der Waals surface area contributed by atoms with Crippen LogP contribution in [-0.2, 0) is 4.79 Å². The van der Waals surface area contributed by atoms with Crippen LogP contribution in [-0.4, -0.2) is 11.5 Å². The third-order valence-corrected chi connectivity index (χ3v) is 2.05. The van der Waals surface area contributed by atoms with E-state index in [2.05, 4.69) is 5.16 Å². The fraction of sp³-hybridized carbons (Fsp3) is 0.400. The Morgan fingerprint density at radius 3 is 2.36 bits per heavy atom. The Balaban J connectivity index is 0.00000169. The van der Waals surface area contributed by atoms with E-state index in [1.165, 1.54) is 6.08 Å². The minimum Gasteiger partial charge on any atom is -0.792 e. The van der Waals surface area contributed by atoms with Gasteiger partial charge in [-0.2, -0.15) is 0 Å². The summed E-state index contributed by atoms with van der Waals surface area (Å²) in [5, 5.41) is 13.2. The van der Waals surface area contributed by atoms with Gasteiger partial charge >= 0.3 is 51.4 Å². The van der Waals surface area contributed by atoms with Crippen LogP contribution < -0.4 is 51.4 Å². The van der Waals surface area contributed by atoms with Crippen molar-refractivity contribution in [1.29, 1.82) is 0 Å². The second-order valence-corrected chi connectivity index (χ2v) is 3.42. The minimum atomic E-state index is -0.0140. The number of carbonyl (C=O) groups is 1. The molecule has 0 aromatic rings. The molecule has 4 heteroatoms. The molecule has 0 atom stereocenters. The van der Waals surface area contributed by atoms with Crippen LogP contribution in [0.5, 0.6) is 0 Å². The SMILES string of the molecule is CC1=CC(=O)C(C(C)C)=C/C1=N/[O-].[K+]. The molecule has 0 aromatic heterocycles. The molecule has 1 rings (SSSR count). The maximum absolute atomic E-state index is 11.4. The van der Waals surface area contributed by atoms with Gasteiger partial charge in [-0.3, -0.25) is 4.79 Å². The molecule has 3 nitrogen and oxygen atoms in total. The molecule has 0 N–H and O–H groups in total. The first-order valence-corrected chi connectivity index (χ1v) is 4.21. The Morgan fingerprint density at radius 2 is 1.93 bits per heavy atom. The van der Waals surface area contributed by atoms with Crippen LogP contribution in [0.4, 0.5) is 0 Å². The Bertz CT molecular complexity index is 327. The summed E-state index contributed by atoms with van der Waals surface area (Å²) < 4.78 is 0. The van der Waals surface area contributed by atoms with Gasteiger partial charge < -0.3 is 10.4 Å². The van der Waals surface area contributed by atoms with Gasteiger partial charge in [0.2, 0.25) is 0 Å². The summed E-state index contributed by atoms with van der Waals surface area (Å²) >= 11 is 0. The number of ketones is 1. The second kappa shape index (κ2) is 5.97. The number of rotatable bonds is 1. The van der Waals surface area contributed by atoms with Gasteiger partial charge in [0.25, 0.3) is 0 Å². The molecule has 0 amide bonds. The zero-order valence-electron chi connectivity index (χ0n) is 9.00. The summed E-state index contributed by atoms with van der Waals surface area (Å²) in [5.41, 5.74) is 1.66. The molecule has 0 aliphatic heterocycles. The van der Waals surface area contributed by atoms with Gasteiger partial charge in [-0.15, -0.1) is 0 Å². The van der Waals surface area contributed by atoms with E-state index in [4.69, 9.17) is 0 Å². The van der Waals surface area contributed by atoms with Gasteiger partial charge in [0.05, 0.1) is 5.71 Å². The van der Waals surface area contributed by atoms with Crippen molar-refractivity contribution in [2.24, 2.45) is 11.1 Å². The van der Waals surface area contributed by atoms with Crippen molar-refractivity contribution in [3.8, 4) is 0 Å². The van der Waals surface area contributed by atoms with Crippen molar-refractivity contribution < 1.29 is 56.2 Å². The summed E-state index contributed by atoms with van der Waals surface area (Å²) in [5.74, 6) is 0.119. The molecular formula is C10H12KNO2. The first-order valence-electron chi connectivity index (χ1n) is 4.21. The van der Waals surface area contributed by atoms with Gasteiger partial charge in [0.15, 0.2) is 5.78 Å². The standard InChI is InChI=1S/C10H13NO2.K/c1-6(2)8-5-9(11-13)7(3)4-10(8)12;/h4-6,13H,1-3H3;/q;+1/p-1/b11-9-;. The summed E-state index contributed by atoms with van der Waals surface area (Å²) in [6, 6.07) is 0. The van der Waals surface area contributed by atoms with Gasteiger partial charge in [-0.25, -0.2) is 0 Å². The molecule has 70 valence electrons. The Kier molecular flexibility index (Phi) is 6.08. The molecular weight excluding hydrogens is 205 g/mol. The van der Waals surface area contributed by atoms with E-state index >= 15 is 0 Å². The van der Waals surface area contributed by atoms with E-state index in [1.807, 2.05) is 13.8 Å². The van der Waals surface area contributed by atoms with Crippen LogP contribution >= 0.6 is 0 Å². The predicted molar refractivity (Wildman–Crippen MR) is 52.5 cm³/mol. The Hall–Kier alpha value is 0.256. The molecule has 1 aliphatic rings. The van der Waals surface area contributed by atoms with Crippen LogP contribution in [0.15, 0.2) is 28.5 Å². The number of carbonyl (C=O) groups excluding carboxylic acids is 1. The average molecular weight is 217 g/mol. The van der Waals surface area contributed by atoms with Gasteiger partial charge in [-0.1, -0.05) is 13.8 Å². The number of allylic oxidation sites excluding steroid dienone is 4. The molecule has 0 saturated heterocycles. The van der Waals surface area contributed by atoms with E-state index in [1.54, 1.807) is 13.0 Å². The molecule has 0 heterocycles. The fourth-order valence-corrected chi connectivity index (χ4v) is 1.24. The first kappa shape index (κ1) is 14.3. The predicted octanol–water partition coefficient (Wildman–Crippen LogP) is -0.959. The molecule has 0 fully saturated rings. The van der Waals surface area contributed by atoms with E-state index in [0.29, 0.717) is 16.9 Å². The largest absolute Gasteiger partial charge is 1.00 e. The van der Waals surface area contributed by atoms with Crippen LogP contribution in [0.2, 0.25) is 0 Å². The van der Waals surface area contributed by atoms with Crippen LogP contribution in [0, 0.1) is 11.1 Å². The summed E-state index contributed by atoms with van der Waals surface area (Å²) in [7, 11) is 0. The smallest absolute Gasteiger partial charge is 0.792 e. The van der Waals surface area contributed by atoms with E-state index in [-0.39, 0.29) is 63.1 Å². The van der Waals surface area contributed by atoms with Crippen LogP contribution in [0.3, 0.4) is 0 Å². The van der Waals surface area contributed by atoms with Crippen LogP contribution in [0.25, 0.3) is 0 Å². The average Bonchev–Trinajstić information content (AvgIpc) is 2.03. The maximum Gasteiger partial charge on any atom is 1.00 e. The molecule has 0 saturated carbocycles. The molecule has 0 bridgehead atoms. The molecule has 1 aliphatic carbocycles. The summed E-state index contributed by atoms with van der Waals surface area (Å²) in [4.78, 5) is 11.4. The molecule has 0 spiro atoms. The number of nitrogens with zero attached hydrogens (tertiary/aromatic N) is 1. The molecule has 14 heavy (non-hydrogen) atoms. The van der Waals surface area contributed by atoms with E-state index < -0.39 is 0 Å². The normalized spacial score (nSPS) is 19.1. The zero-order chi connectivity index (χ0) is 10.0. The van der Waals surface area contributed by atoms with Gasteiger partial charge in [-0.05, 0) is 30.6 Å². The molecule has 0 unspecified atom stereocenters. The van der Waals surface area contributed by atoms with Crippen molar-refractivity contribution >= 4 is 11.5 Å². The van der Waals surface area contributed by atoms with E-state index in [9.17, 15) is 10.0 Å². The second-order valence-electron chi connectivity index (χ2n) is 3.42. The van der Waals surface area contributed by atoms with Crippen molar-refractivity contribution in [1.82, 2.24) is 0 Å². The minimum absolute atomic E-state index is 0. The molecule has 0 radical (unpaired) electrons. The third kappa shape index (κ3) is 3.14. The number of hydrogen-bond donors (Lipinski definition) is 0. The molecule has 0 aromatic carbocycles. The first-order chi connectivity index (χ1) is 6.06. The van der Waals surface area contributed by atoms with Crippen LogP contribution in [0.1, 0.15) is 20.8 Å². The maximum atomic E-state index is 11.4.